The smallest absolute Gasteiger partial charge is 0.244 e. The molecule has 0 bridgehead atoms. The lowest BCUT2D eigenvalue weighted by Crippen LogP contribution is -2.40. The Bertz CT molecular complexity index is 964. The fourth-order valence-corrected chi connectivity index (χ4v) is 3.42. The molecule has 0 aliphatic rings. The van der Waals surface area contributed by atoms with E-state index in [9.17, 15) is 4.79 Å². The first-order valence-electron chi connectivity index (χ1n) is 10.6. The summed E-state index contributed by atoms with van der Waals surface area (Å²) in [5.74, 6) is 0.691. The molecule has 0 atom stereocenters. The Morgan fingerprint density at radius 1 is 1.03 bits per heavy atom. The van der Waals surface area contributed by atoms with Gasteiger partial charge < -0.3 is 20.5 Å². The standard InChI is InChI=1S/C24H31N5O/c1-3-25-24(26-15-14-20-16-27-22-13-9-8-12-21(20)22)28-17-23(30)29(4-2)18-19-10-6-5-7-11-19/h5-13,16,27H,3-4,14-15,17-18H2,1-2H3,(H2,25,26,28). The first-order valence-corrected chi connectivity index (χ1v) is 10.6. The molecule has 6 nitrogen and oxygen atoms in total. The first-order chi connectivity index (χ1) is 14.7. The molecule has 3 rings (SSSR count). The third kappa shape index (κ3) is 5.86. The fourth-order valence-electron chi connectivity index (χ4n) is 3.42. The van der Waals surface area contributed by atoms with Crippen molar-refractivity contribution in [2.24, 2.45) is 4.99 Å². The molecule has 1 amide bonds. The number of aromatic amines is 1. The number of nitrogens with one attached hydrogen (secondary N) is 3. The highest BCUT2D eigenvalue weighted by atomic mass is 16.2. The number of nitrogens with zero attached hydrogens (tertiary/aromatic N) is 2. The van der Waals surface area contributed by atoms with Crippen molar-refractivity contribution in [3.8, 4) is 0 Å². The normalized spacial score (nSPS) is 11.5. The SMILES string of the molecule is CCNC(=NCC(=O)N(CC)Cc1ccccc1)NCCc1c[nH]c2ccccc12. The van der Waals surface area contributed by atoms with Crippen molar-refractivity contribution in [2.75, 3.05) is 26.2 Å². The van der Waals surface area contributed by atoms with Crippen LogP contribution in [0.25, 0.3) is 10.9 Å². The van der Waals surface area contributed by atoms with Crippen LogP contribution in [0.4, 0.5) is 0 Å². The van der Waals surface area contributed by atoms with Gasteiger partial charge in [0.15, 0.2) is 5.96 Å². The van der Waals surface area contributed by atoms with Gasteiger partial charge >= 0.3 is 0 Å². The number of likely N-dealkylation sites (N-methyl/N-ethyl adjacent to an activating group) is 1. The molecule has 30 heavy (non-hydrogen) atoms. The van der Waals surface area contributed by atoms with Crippen LogP contribution in [0.1, 0.15) is 25.0 Å². The van der Waals surface area contributed by atoms with Crippen LogP contribution >= 0.6 is 0 Å². The van der Waals surface area contributed by atoms with Gasteiger partial charge in [-0.1, -0.05) is 48.5 Å². The Morgan fingerprint density at radius 3 is 2.57 bits per heavy atom. The van der Waals surface area contributed by atoms with Crippen molar-refractivity contribution in [1.29, 1.82) is 0 Å². The van der Waals surface area contributed by atoms with E-state index in [1.807, 2.05) is 55.1 Å². The molecule has 0 aliphatic carbocycles. The maximum Gasteiger partial charge on any atom is 0.244 e. The number of aliphatic imine (C=N–C) groups is 1. The summed E-state index contributed by atoms with van der Waals surface area (Å²) in [5, 5.41) is 7.81. The highest BCUT2D eigenvalue weighted by molar-refractivity contribution is 5.85. The summed E-state index contributed by atoms with van der Waals surface area (Å²) in [6.45, 7) is 6.90. The van der Waals surface area contributed by atoms with Crippen molar-refractivity contribution in [2.45, 2.75) is 26.8 Å². The maximum absolute atomic E-state index is 12.7. The van der Waals surface area contributed by atoms with Gasteiger partial charge in [0, 0.05) is 43.3 Å². The van der Waals surface area contributed by atoms with E-state index in [2.05, 4.69) is 45.0 Å². The summed E-state index contributed by atoms with van der Waals surface area (Å²) in [7, 11) is 0. The zero-order chi connectivity index (χ0) is 21.2. The molecule has 0 fully saturated rings. The van der Waals surface area contributed by atoms with Crippen LogP contribution in [0.2, 0.25) is 0 Å². The molecular formula is C24H31N5O. The molecule has 0 aliphatic heterocycles. The van der Waals surface area contributed by atoms with Crippen molar-refractivity contribution >= 4 is 22.8 Å². The molecule has 0 radical (unpaired) electrons. The van der Waals surface area contributed by atoms with Gasteiger partial charge in [0.1, 0.15) is 6.54 Å². The number of carbonyl (C=O) groups excluding carboxylic acids is 1. The monoisotopic (exact) mass is 405 g/mol. The largest absolute Gasteiger partial charge is 0.361 e. The number of rotatable bonds is 9. The number of fused-ring (bicyclic) bond motifs is 1. The van der Waals surface area contributed by atoms with Crippen LogP contribution in [-0.4, -0.2) is 47.9 Å². The molecule has 0 spiro atoms. The first kappa shape index (κ1) is 21.4. The predicted octanol–water partition coefficient (Wildman–Crippen LogP) is 3.31. The lowest BCUT2D eigenvalue weighted by atomic mass is 10.1. The zero-order valence-corrected chi connectivity index (χ0v) is 17.8. The third-order valence-corrected chi connectivity index (χ3v) is 5.03. The molecule has 1 heterocycles. The van der Waals surface area contributed by atoms with E-state index in [0.29, 0.717) is 19.0 Å². The van der Waals surface area contributed by atoms with Crippen molar-refractivity contribution in [3.63, 3.8) is 0 Å². The Morgan fingerprint density at radius 2 is 1.80 bits per heavy atom. The number of guanidine groups is 1. The molecule has 0 unspecified atom stereocenters. The minimum Gasteiger partial charge on any atom is -0.361 e. The van der Waals surface area contributed by atoms with Gasteiger partial charge in [0.05, 0.1) is 0 Å². The minimum absolute atomic E-state index is 0.0233. The molecule has 6 heteroatoms. The Labute approximate surface area is 178 Å². The number of aromatic nitrogens is 1. The van der Waals surface area contributed by atoms with Crippen LogP contribution in [-0.2, 0) is 17.8 Å². The molecular weight excluding hydrogens is 374 g/mol. The van der Waals surface area contributed by atoms with Crippen molar-refractivity contribution in [1.82, 2.24) is 20.5 Å². The molecule has 0 saturated carbocycles. The van der Waals surface area contributed by atoms with Crippen molar-refractivity contribution < 1.29 is 4.79 Å². The van der Waals surface area contributed by atoms with Crippen molar-refractivity contribution in [3.05, 3.63) is 71.9 Å². The molecule has 2 aromatic carbocycles. The fraction of sp³-hybridized carbons (Fsp3) is 0.333. The average molecular weight is 406 g/mol. The van der Waals surface area contributed by atoms with E-state index in [1.54, 1.807) is 0 Å². The summed E-state index contributed by atoms with van der Waals surface area (Å²) < 4.78 is 0. The van der Waals surface area contributed by atoms with Crippen LogP contribution in [0.15, 0.2) is 65.8 Å². The van der Waals surface area contributed by atoms with Crippen LogP contribution < -0.4 is 10.6 Å². The number of H-pyrrole nitrogens is 1. The second kappa shape index (κ2) is 11.0. The van der Waals surface area contributed by atoms with Crippen LogP contribution in [0.3, 0.4) is 0 Å². The van der Waals surface area contributed by atoms with Gasteiger partial charge in [-0.3, -0.25) is 4.79 Å². The summed E-state index contributed by atoms with van der Waals surface area (Å²) in [4.78, 5) is 22.3. The highest BCUT2D eigenvalue weighted by Gasteiger charge is 2.12. The lowest BCUT2D eigenvalue weighted by Gasteiger charge is -2.20. The second-order valence-electron chi connectivity index (χ2n) is 7.12. The van der Waals surface area contributed by atoms with Gasteiger partial charge in [-0.2, -0.15) is 0 Å². The topological polar surface area (TPSA) is 72.5 Å². The number of carbonyl (C=O) groups is 1. The number of benzene rings is 2. The molecule has 1 aromatic heterocycles. The molecule has 0 saturated heterocycles. The van der Waals surface area contributed by atoms with Gasteiger partial charge in [0.25, 0.3) is 0 Å². The van der Waals surface area contributed by atoms with Crippen LogP contribution in [0.5, 0.6) is 0 Å². The van der Waals surface area contributed by atoms with E-state index < -0.39 is 0 Å². The van der Waals surface area contributed by atoms with Gasteiger partial charge in [-0.25, -0.2) is 4.99 Å². The third-order valence-electron chi connectivity index (χ3n) is 5.03. The lowest BCUT2D eigenvalue weighted by molar-refractivity contribution is -0.130. The molecule has 158 valence electrons. The number of hydrogen-bond acceptors (Lipinski definition) is 2. The summed E-state index contributed by atoms with van der Waals surface area (Å²) in [6, 6.07) is 18.3. The number of hydrogen-bond donors (Lipinski definition) is 3. The van der Waals surface area contributed by atoms with Gasteiger partial charge in [-0.15, -0.1) is 0 Å². The van der Waals surface area contributed by atoms with E-state index >= 15 is 0 Å². The highest BCUT2D eigenvalue weighted by Crippen LogP contribution is 2.17. The van der Waals surface area contributed by atoms with Crippen LogP contribution in [0, 0.1) is 0 Å². The number of para-hydroxylation sites is 1. The Hall–Kier alpha value is -3.28. The summed E-state index contributed by atoms with van der Waals surface area (Å²) in [6.07, 6.45) is 2.93. The quantitative estimate of drug-likeness (QED) is 0.378. The predicted molar refractivity (Wildman–Crippen MR) is 124 cm³/mol. The van der Waals surface area contributed by atoms with Gasteiger partial charge in [-0.05, 0) is 37.5 Å². The Kier molecular flexibility index (Phi) is 7.89. The Balaban J connectivity index is 1.54. The van der Waals surface area contributed by atoms with E-state index in [-0.39, 0.29) is 12.5 Å². The zero-order valence-electron chi connectivity index (χ0n) is 17.8. The van der Waals surface area contributed by atoms with Gasteiger partial charge in [0.2, 0.25) is 5.91 Å². The second-order valence-corrected chi connectivity index (χ2v) is 7.12. The van der Waals surface area contributed by atoms with E-state index in [4.69, 9.17) is 0 Å². The molecule has 3 aromatic rings. The summed E-state index contributed by atoms with van der Waals surface area (Å²) in [5.41, 5.74) is 3.54. The average Bonchev–Trinajstić information content (AvgIpc) is 3.19. The van der Waals surface area contributed by atoms with E-state index in [0.717, 1.165) is 30.6 Å². The minimum atomic E-state index is 0.0233. The summed E-state index contributed by atoms with van der Waals surface area (Å²) >= 11 is 0. The maximum atomic E-state index is 12.7. The van der Waals surface area contributed by atoms with E-state index in [1.165, 1.54) is 10.9 Å². The number of amides is 1. The molecule has 3 N–H and O–H groups in total.